The van der Waals surface area contributed by atoms with Crippen molar-refractivity contribution in [2.75, 3.05) is 26.4 Å². The fraction of sp³-hybridized carbons (Fsp3) is 0.316. The third-order valence-corrected chi connectivity index (χ3v) is 3.23. The monoisotopic (exact) mass is 345 g/mol. The van der Waals surface area contributed by atoms with Crippen molar-refractivity contribution in [3.05, 3.63) is 54.6 Å². The van der Waals surface area contributed by atoms with E-state index in [-0.39, 0.29) is 25.7 Å². The van der Waals surface area contributed by atoms with Gasteiger partial charge in [-0.15, -0.1) is 0 Å². The second-order valence-corrected chi connectivity index (χ2v) is 5.25. The molecule has 0 fully saturated rings. The highest BCUT2D eigenvalue weighted by Gasteiger charge is 2.10. The second-order valence-electron chi connectivity index (χ2n) is 5.25. The van der Waals surface area contributed by atoms with Crippen LogP contribution in [0.15, 0.2) is 54.6 Å². The van der Waals surface area contributed by atoms with Crippen LogP contribution in [0.1, 0.15) is 6.92 Å². The minimum atomic E-state index is -0.806. The number of carbonyl (C=O) groups is 1. The van der Waals surface area contributed by atoms with Gasteiger partial charge >= 0.3 is 0 Å². The zero-order valence-electron chi connectivity index (χ0n) is 14.2. The van der Waals surface area contributed by atoms with Crippen LogP contribution in [0.25, 0.3) is 0 Å². The number of rotatable bonds is 10. The van der Waals surface area contributed by atoms with E-state index < -0.39 is 6.10 Å². The number of para-hydroxylation sites is 3. The summed E-state index contributed by atoms with van der Waals surface area (Å²) in [7, 11) is 0. The highest BCUT2D eigenvalue weighted by Crippen LogP contribution is 2.26. The van der Waals surface area contributed by atoms with Crippen molar-refractivity contribution in [1.82, 2.24) is 5.32 Å². The van der Waals surface area contributed by atoms with E-state index in [0.717, 1.165) is 0 Å². The lowest BCUT2D eigenvalue weighted by molar-refractivity contribution is -0.123. The number of aliphatic hydroxyl groups is 1. The summed E-state index contributed by atoms with van der Waals surface area (Å²) >= 11 is 0. The molecule has 6 nitrogen and oxygen atoms in total. The van der Waals surface area contributed by atoms with Crippen LogP contribution in [0, 0.1) is 0 Å². The smallest absolute Gasteiger partial charge is 0.258 e. The number of benzene rings is 2. The van der Waals surface area contributed by atoms with Gasteiger partial charge in [-0.25, -0.2) is 0 Å². The minimum Gasteiger partial charge on any atom is -0.491 e. The molecule has 2 aromatic carbocycles. The van der Waals surface area contributed by atoms with Crippen molar-refractivity contribution in [2.45, 2.75) is 13.0 Å². The van der Waals surface area contributed by atoms with Crippen LogP contribution in [0.2, 0.25) is 0 Å². The molecule has 0 spiro atoms. The van der Waals surface area contributed by atoms with Crippen LogP contribution >= 0.6 is 0 Å². The molecule has 0 heterocycles. The van der Waals surface area contributed by atoms with E-state index in [0.29, 0.717) is 23.9 Å². The summed E-state index contributed by atoms with van der Waals surface area (Å²) in [6, 6.07) is 16.3. The summed E-state index contributed by atoms with van der Waals surface area (Å²) in [4.78, 5) is 11.8. The Bertz CT molecular complexity index is 647. The van der Waals surface area contributed by atoms with Crippen molar-refractivity contribution in [3.63, 3.8) is 0 Å². The lowest BCUT2D eigenvalue weighted by Crippen LogP contribution is -2.37. The fourth-order valence-corrected chi connectivity index (χ4v) is 2.04. The van der Waals surface area contributed by atoms with E-state index in [1.807, 2.05) is 31.2 Å². The average molecular weight is 345 g/mol. The molecule has 0 unspecified atom stereocenters. The molecule has 2 rings (SSSR count). The van der Waals surface area contributed by atoms with Crippen LogP contribution in [0.5, 0.6) is 17.2 Å². The van der Waals surface area contributed by atoms with Crippen LogP contribution in [0.4, 0.5) is 0 Å². The molecule has 25 heavy (non-hydrogen) atoms. The molecule has 1 amide bonds. The van der Waals surface area contributed by atoms with Crippen LogP contribution < -0.4 is 19.5 Å². The maximum atomic E-state index is 11.8. The Kier molecular flexibility index (Phi) is 7.59. The van der Waals surface area contributed by atoms with Gasteiger partial charge in [0.25, 0.3) is 5.91 Å². The SMILES string of the molecule is CCOc1ccccc1OCC(=O)NC[C@@H](O)COc1ccccc1. The van der Waals surface area contributed by atoms with Crippen LogP contribution in [-0.2, 0) is 4.79 Å². The highest BCUT2D eigenvalue weighted by molar-refractivity contribution is 5.77. The normalized spacial score (nSPS) is 11.4. The third-order valence-electron chi connectivity index (χ3n) is 3.23. The second kappa shape index (κ2) is 10.2. The van der Waals surface area contributed by atoms with Gasteiger partial charge in [-0.3, -0.25) is 4.79 Å². The first kappa shape index (κ1) is 18.6. The number of aliphatic hydroxyl groups excluding tert-OH is 1. The molecule has 134 valence electrons. The van der Waals surface area contributed by atoms with Gasteiger partial charge in [0.05, 0.1) is 6.61 Å². The van der Waals surface area contributed by atoms with Crippen molar-refractivity contribution < 1.29 is 24.1 Å². The van der Waals surface area contributed by atoms with Crippen LogP contribution in [0.3, 0.4) is 0 Å². The molecule has 0 bridgehead atoms. The van der Waals surface area contributed by atoms with Gasteiger partial charge in [0.15, 0.2) is 18.1 Å². The van der Waals surface area contributed by atoms with E-state index in [1.54, 1.807) is 30.3 Å². The quantitative estimate of drug-likeness (QED) is 0.689. The summed E-state index contributed by atoms with van der Waals surface area (Å²) in [5.41, 5.74) is 0. The Morgan fingerprint density at radius 3 is 2.32 bits per heavy atom. The van der Waals surface area contributed by atoms with Gasteiger partial charge < -0.3 is 24.6 Å². The summed E-state index contributed by atoms with van der Waals surface area (Å²) < 4.78 is 16.3. The summed E-state index contributed by atoms with van der Waals surface area (Å²) in [5, 5.41) is 12.5. The fourth-order valence-electron chi connectivity index (χ4n) is 2.04. The summed E-state index contributed by atoms with van der Waals surface area (Å²) in [5.74, 6) is 1.44. The van der Waals surface area contributed by atoms with E-state index in [4.69, 9.17) is 14.2 Å². The van der Waals surface area contributed by atoms with Crippen LogP contribution in [-0.4, -0.2) is 43.5 Å². The first-order valence-corrected chi connectivity index (χ1v) is 8.16. The molecule has 0 saturated heterocycles. The molecular weight excluding hydrogens is 322 g/mol. The molecule has 2 N–H and O–H groups in total. The molecular formula is C19H23NO5. The molecule has 0 aromatic heterocycles. The topological polar surface area (TPSA) is 77.0 Å². The van der Waals surface area contributed by atoms with Crippen molar-refractivity contribution >= 4 is 5.91 Å². The van der Waals surface area contributed by atoms with E-state index in [2.05, 4.69) is 5.32 Å². The third kappa shape index (κ3) is 6.73. The van der Waals surface area contributed by atoms with Gasteiger partial charge in [0.2, 0.25) is 0 Å². The Labute approximate surface area is 147 Å². The van der Waals surface area contributed by atoms with E-state index in [9.17, 15) is 9.90 Å². The van der Waals surface area contributed by atoms with Gasteiger partial charge in [-0.2, -0.15) is 0 Å². The van der Waals surface area contributed by atoms with Gasteiger partial charge in [0.1, 0.15) is 18.5 Å². The Balaban J connectivity index is 1.68. The molecule has 6 heteroatoms. The number of nitrogens with one attached hydrogen (secondary N) is 1. The van der Waals surface area contributed by atoms with Gasteiger partial charge in [0, 0.05) is 6.54 Å². The standard InChI is InChI=1S/C19H23NO5/c1-2-23-17-10-6-7-11-18(17)25-14-19(22)20-12-15(21)13-24-16-8-4-3-5-9-16/h3-11,15,21H,2,12-14H2,1H3,(H,20,22)/t15-/m1/s1. The number of carbonyl (C=O) groups excluding carboxylic acids is 1. The molecule has 0 radical (unpaired) electrons. The Morgan fingerprint density at radius 1 is 1.00 bits per heavy atom. The molecule has 0 aliphatic heterocycles. The van der Waals surface area contributed by atoms with E-state index in [1.165, 1.54) is 0 Å². The van der Waals surface area contributed by atoms with Gasteiger partial charge in [-0.1, -0.05) is 30.3 Å². The van der Waals surface area contributed by atoms with Crippen molar-refractivity contribution in [2.24, 2.45) is 0 Å². The largest absolute Gasteiger partial charge is 0.491 e. The molecule has 0 aliphatic rings. The number of hydrogen-bond donors (Lipinski definition) is 2. The van der Waals surface area contributed by atoms with Crippen molar-refractivity contribution in [3.8, 4) is 17.2 Å². The Morgan fingerprint density at radius 2 is 1.64 bits per heavy atom. The molecule has 0 saturated carbocycles. The van der Waals surface area contributed by atoms with Gasteiger partial charge in [-0.05, 0) is 31.2 Å². The zero-order valence-corrected chi connectivity index (χ0v) is 14.2. The van der Waals surface area contributed by atoms with Crippen molar-refractivity contribution in [1.29, 1.82) is 0 Å². The first-order valence-electron chi connectivity index (χ1n) is 8.16. The average Bonchev–Trinajstić information content (AvgIpc) is 2.65. The predicted octanol–water partition coefficient (Wildman–Crippen LogP) is 2.02. The van der Waals surface area contributed by atoms with E-state index >= 15 is 0 Å². The predicted molar refractivity (Wildman–Crippen MR) is 94.1 cm³/mol. The molecule has 2 aromatic rings. The number of amides is 1. The Hall–Kier alpha value is -2.73. The maximum absolute atomic E-state index is 11.8. The molecule has 0 aliphatic carbocycles. The maximum Gasteiger partial charge on any atom is 0.258 e. The minimum absolute atomic E-state index is 0.0855. The molecule has 1 atom stereocenters. The number of hydrogen-bond acceptors (Lipinski definition) is 5. The zero-order chi connectivity index (χ0) is 17.9. The summed E-state index contributed by atoms with van der Waals surface area (Å²) in [6.07, 6.45) is -0.806. The summed E-state index contributed by atoms with van der Waals surface area (Å²) in [6.45, 7) is 2.42. The lowest BCUT2D eigenvalue weighted by atomic mass is 10.3. The highest BCUT2D eigenvalue weighted by atomic mass is 16.5. The first-order chi connectivity index (χ1) is 12.2. The lowest BCUT2D eigenvalue weighted by Gasteiger charge is -2.14. The number of ether oxygens (including phenoxy) is 3.